The molecule has 0 atom stereocenters. The number of benzene rings is 1. The van der Waals surface area contributed by atoms with Crippen LogP contribution in [0.4, 0.5) is 0 Å². The Labute approximate surface area is 132 Å². The monoisotopic (exact) mass is 315 g/mol. The van der Waals surface area contributed by atoms with E-state index in [2.05, 4.69) is 19.2 Å². The molecule has 5 heteroatoms. The number of methoxy groups -OCH3 is 1. The molecule has 0 bridgehead atoms. The lowest BCUT2D eigenvalue weighted by molar-refractivity contribution is 0.0991. The summed E-state index contributed by atoms with van der Waals surface area (Å²) in [6.45, 7) is 7.70. The lowest BCUT2D eigenvalue weighted by Gasteiger charge is -2.16. The van der Waals surface area contributed by atoms with Gasteiger partial charge in [0.05, 0.1) is 13.7 Å². The summed E-state index contributed by atoms with van der Waals surface area (Å²) in [5, 5.41) is 4.00. The molecule has 0 aliphatic rings. The zero-order chi connectivity index (χ0) is 15.5. The third-order valence-electron chi connectivity index (χ3n) is 2.88. The number of nitrogens with one attached hydrogen (secondary N) is 1. The first-order valence-electron chi connectivity index (χ1n) is 7.50. The van der Waals surface area contributed by atoms with Crippen molar-refractivity contribution in [1.29, 1.82) is 0 Å². The summed E-state index contributed by atoms with van der Waals surface area (Å²) in [6, 6.07) is 3.68. The molecule has 120 valence electrons. The van der Waals surface area contributed by atoms with E-state index in [9.17, 15) is 0 Å². The maximum Gasteiger partial charge on any atom is 0.165 e. The van der Waals surface area contributed by atoms with Crippen molar-refractivity contribution in [2.24, 2.45) is 0 Å². The minimum Gasteiger partial charge on any atom is -0.493 e. The van der Waals surface area contributed by atoms with Crippen LogP contribution in [-0.4, -0.2) is 33.5 Å². The van der Waals surface area contributed by atoms with Crippen LogP contribution in [0.15, 0.2) is 12.1 Å². The van der Waals surface area contributed by atoms with E-state index in [0.29, 0.717) is 30.5 Å². The van der Waals surface area contributed by atoms with Crippen molar-refractivity contribution in [2.45, 2.75) is 33.2 Å². The van der Waals surface area contributed by atoms with Crippen molar-refractivity contribution in [3.05, 3.63) is 22.7 Å². The Morgan fingerprint density at radius 1 is 1.10 bits per heavy atom. The van der Waals surface area contributed by atoms with Gasteiger partial charge in [-0.15, -0.1) is 0 Å². The molecule has 1 N–H and O–H groups in total. The number of hydrogen-bond acceptors (Lipinski definition) is 4. The van der Waals surface area contributed by atoms with Crippen LogP contribution in [0.1, 0.15) is 32.3 Å². The zero-order valence-corrected chi connectivity index (χ0v) is 14.0. The normalized spacial score (nSPS) is 10.7. The van der Waals surface area contributed by atoms with E-state index in [1.807, 2.05) is 6.07 Å². The molecule has 0 amide bonds. The maximum atomic E-state index is 6.13. The molecule has 1 aromatic carbocycles. The molecule has 0 radical (unpaired) electrons. The second kappa shape index (κ2) is 10.7. The van der Waals surface area contributed by atoms with E-state index in [1.54, 1.807) is 13.2 Å². The van der Waals surface area contributed by atoms with Crippen molar-refractivity contribution < 1.29 is 14.2 Å². The van der Waals surface area contributed by atoms with Crippen molar-refractivity contribution >= 4 is 11.6 Å². The van der Waals surface area contributed by atoms with Crippen molar-refractivity contribution in [3.8, 4) is 11.5 Å². The number of ether oxygens (including phenoxy) is 3. The molecular formula is C16H26ClNO3. The van der Waals surface area contributed by atoms with Gasteiger partial charge in [0.2, 0.25) is 0 Å². The Balaban J connectivity index is 2.71. The van der Waals surface area contributed by atoms with E-state index in [0.717, 1.165) is 37.3 Å². The first-order valence-corrected chi connectivity index (χ1v) is 7.88. The minimum absolute atomic E-state index is 0.499. The van der Waals surface area contributed by atoms with Crippen LogP contribution in [0.3, 0.4) is 0 Å². The van der Waals surface area contributed by atoms with Gasteiger partial charge in [-0.25, -0.2) is 0 Å². The van der Waals surface area contributed by atoms with Gasteiger partial charge in [0.1, 0.15) is 6.61 Å². The summed E-state index contributed by atoms with van der Waals surface area (Å²) in [6.07, 6.45) is 2.09. The van der Waals surface area contributed by atoms with Crippen LogP contribution in [0, 0.1) is 0 Å². The summed E-state index contributed by atoms with van der Waals surface area (Å²) in [4.78, 5) is 0. The summed E-state index contributed by atoms with van der Waals surface area (Å²) < 4.78 is 16.6. The summed E-state index contributed by atoms with van der Waals surface area (Å²) in [5.74, 6) is 1.40. The van der Waals surface area contributed by atoms with E-state index < -0.39 is 0 Å². The number of rotatable bonds is 11. The second-order valence-corrected chi connectivity index (χ2v) is 5.17. The van der Waals surface area contributed by atoms with Gasteiger partial charge in [0.25, 0.3) is 0 Å². The standard InChI is InChI=1S/C16H26ClNO3/c1-4-6-18-12-13-10-14(17)11-15(19-3)16(13)21-9-8-20-7-5-2/h10-11,18H,4-9,12H2,1-3H3. The van der Waals surface area contributed by atoms with E-state index in [-0.39, 0.29) is 0 Å². The van der Waals surface area contributed by atoms with Gasteiger partial charge < -0.3 is 19.5 Å². The third kappa shape index (κ3) is 6.55. The molecule has 0 heterocycles. The fourth-order valence-electron chi connectivity index (χ4n) is 1.92. The van der Waals surface area contributed by atoms with Crippen LogP contribution in [0.25, 0.3) is 0 Å². The highest BCUT2D eigenvalue weighted by Gasteiger charge is 2.12. The fraction of sp³-hybridized carbons (Fsp3) is 0.625. The molecule has 0 unspecified atom stereocenters. The average molecular weight is 316 g/mol. The number of hydrogen-bond donors (Lipinski definition) is 1. The molecule has 1 aromatic rings. The van der Waals surface area contributed by atoms with Crippen LogP contribution < -0.4 is 14.8 Å². The van der Waals surface area contributed by atoms with E-state index in [1.165, 1.54) is 0 Å². The molecule has 0 aliphatic heterocycles. The number of halogens is 1. The molecule has 0 saturated heterocycles. The Morgan fingerprint density at radius 3 is 2.57 bits per heavy atom. The van der Waals surface area contributed by atoms with Crippen molar-refractivity contribution in [3.63, 3.8) is 0 Å². The largest absolute Gasteiger partial charge is 0.493 e. The maximum absolute atomic E-state index is 6.13. The third-order valence-corrected chi connectivity index (χ3v) is 3.10. The lowest BCUT2D eigenvalue weighted by atomic mass is 10.1. The molecule has 1 rings (SSSR count). The molecule has 4 nitrogen and oxygen atoms in total. The Kier molecular flexibility index (Phi) is 9.22. The summed E-state index contributed by atoms with van der Waals surface area (Å²) >= 11 is 6.13. The van der Waals surface area contributed by atoms with Gasteiger partial charge >= 0.3 is 0 Å². The molecule has 21 heavy (non-hydrogen) atoms. The van der Waals surface area contributed by atoms with Crippen LogP contribution in [0.5, 0.6) is 11.5 Å². The highest BCUT2D eigenvalue weighted by atomic mass is 35.5. The summed E-state index contributed by atoms with van der Waals surface area (Å²) in [5.41, 5.74) is 1.00. The quantitative estimate of drug-likeness (QED) is 0.633. The van der Waals surface area contributed by atoms with Gasteiger partial charge in [-0.05, 0) is 25.5 Å². The van der Waals surface area contributed by atoms with Crippen LogP contribution in [0.2, 0.25) is 5.02 Å². The smallest absolute Gasteiger partial charge is 0.165 e. The predicted octanol–water partition coefficient (Wildman–Crippen LogP) is 3.65. The van der Waals surface area contributed by atoms with Gasteiger partial charge in [-0.3, -0.25) is 0 Å². The van der Waals surface area contributed by atoms with Gasteiger partial charge in [-0.1, -0.05) is 25.4 Å². The molecule has 0 spiro atoms. The Morgan fingerprint density at radius 2 is 1.90 bits per heavy atom. The van der Waals surface area contributed by atoms with Crippen LogP contribution >= 0.6 is 11.6 Å². The Hall–Kier alpha value is -0.970. The van der Waals surface area contributed by atoms with Gasteiger partial charge in [-0.2, -0.15) is 0 Å². The zero-order valence-electron chi connectivity index (χ0n) is 13.2. The topological polar surface area (TPSA) is 39.7 Å². The fourth-order valence-corrected chi connectivity index (χ4v) is 2.15. The molecule has 0 aromatic heterocycles. The average Bonchev–Trinajstić information content (AvgIpc) is 2.48. The van der Waals surface area contributed by atoms with E-state index in [4.69, 9.17) is 25.8 Å². The predicted molar refractivity (Wildman–Crippen MR) is 86.6 cm³/mol. The molecule has 0 fully saturated rings. The Bertz CT molecular complexity index is 413. The molecular weight excluding hydrogens is 290 g/mol. The SMILES string of the molecule is CCCNCc1cc(Cl)cc(OC)c1OCCOCCC. The minimum atomic E-state index is 0.499. The molecule has 0 saturated carbocycles. The van der Waals surface area contributed by atoms with Crippen molar-refractivity contribution in [2.75, 3.05) is 33.5 Å². The van der Waals surface area contributed by atoms with Gasteiger partial charge in [0.15, 0.2) is 11.5 Å². The highest BCUT2D eigenvalue weighted by Crippen LogP contribution is 2.34. The van der Waals surface area contributed by atoms with Gasteiger partial charge in [0, 0.05) is 29.8 Å². The molecule has 0 aliphatic carbocycles. The van der Waals surface area contributed by atoms with Crippen molar-refractivity contribution in [1.82, 2.24) is 5.32 Å². The lowest BCUT2D eigenvalue weighted by Crippen LogP contribution is -2.16. The first kappa shape index (κ1) is 18.1. The van der Waals surface area contributed by atoms with Crippen LogP contribution in [-0.2, 0) is 11.3 Å². The highest BCUT2D eigenvalue weighted by molar-refractivity contribution is 6.30. The second-order valence-electron chi connectivity index (χ2n) is 4.73. The van der Waals surface area contributed by atoms with E-state index >= 15 is 0 Å². The summed E-state index contributed by atoms with van der Waals surface area (Å²) in [7, 11) is 1.62. The first-order chi connectivity index (χ1) is 10.2.